The molecule has 2 aromatic rings. The summed E-state index contributed by atoms with van der Waals surface area (Å²) in [5.41, 5.74) is 2.38. The maximum atomic E-state index is 5.71. The number of hydrogen-bond acceptors (Lipinski definition) is 1. The lowest BCUT2D eigenvalue weighted by Crippen LogP contribution is -1.95. The van der Waals surface area contributed by atoms with Crippen LogP contribution >= 0.6 is 0 Å². The smallest absolute Gasteiger partial charge is 0.120 e. The second-order valence-electron chi connectivity index (χ2n) is 3.67. The Kier molecular flexibility index (Phi) is 3.60. The van der Waals surface area contributed by atoms with Gasteiger partial charge in [-0.3, -0.25) is 0 Å². The van der Waals surface area contributed by atoms with Crippen LogP contribution in [0.3, 0.4) is 0 Å². The molecule has 1 nitrogen and oxygen atoms in total. The molecular weight excluding hydrogens is 196 g/mol. The normalized spacial score (nSPS) is 10.1. The van der Waals surface area contributed by atoms with Gasteiger partial charge in [-0.15, -0.1) is 0 Å². The second kappa shape index (κ2) is 5.36. The minimum Gasteiger partial charge on any atom is -0.489 e. The van der Waals surface area contributed by atoms with Gasteiger partial charge in [0.25, 0.3) is 0 Å². The van der Waals surface area contributed by atoms with Crippen LogP contribution in [-0.2, 0) is 13.0 Å². The standard InChI is InChI=1S/C15H15O/c1-2-13-9-6-10-15(11-13)16-12-14-7-4-3-5-8-14/h3-11H,1-2,12H2. The summed E-state index contributed by atoms with van der Waals surface area (Å²) in [6.07, 6.45) is 0.794. The Labute approximate surface area is 96.7 Å². The fraction of sp³-hybridized carbons (Fsp3) is 0.133. The van der Waals surface area contributed by atoms with Crippen molar-refractivity contribution in [3.05, 3.63) is 72.6 Å². The van der Waals surface area contributed by atoms with Gasteiger partial charge in [0.2, 0.25) is 0 Å². The predicted octanol–water partition coefficient (Wildman–Crippen LogP) is 3.64. The van der Waals surface area contributed by atoms with Crippen LogP contribution in [0.1, 0.15) is 11.1 Å². The third kappa shape index (κ3) is 2.86. The van der Waals surface area contributed by atoms with E-state index in [4.69, 9.17) is 4.74 Å². The topological polar surface area (TPSA) is 9.23 Å². The van der Waals surface area contributed by atoms with Crippen molar-refractivity contribution < 1.29 is 4.74 Å². The number of benzene rings is 2. The minimum atomic E-state index is 0.613. The molecule has 16 heavy (non-hydrogen) atoms. The lowest BCUT2D eigenvalue weighted by Gasteiger charge is -2.07. The molecule has 0 spiro atoms. The highest BCUT2D eigenvalue weighted by Gasteiger charge is 1.96. The van der Waals surface area contributed by atoms with Crippen LogP contribution in [0.4, 0.5) is 0 Å². The molecule has 1 radical (unpaired) electrons. The van der Waals surface area contributed by atoms with Crippen molar-refractivity contribution in [1.82, 2.24) is 0 Å². The van der Waals surface area contributed by atoms with Gasteiger partial charge in [0.15, 0.2) is 0 Å². The zero-order chi connectivity index (χ0) is 11.2. The quantitative estimate of drug-likeness (QED) is 0.750. The first kappa shape index (κ1) is 10.7. The lowest BCUT2D eigenvalue weighted by molar-refractivity contribution is 0.306. The molecule has 0 aromatic heterocycles. The molecule has 0 saturated heterocycles. The van der Waals surface area contributed by atoms with E-state index in [1.807, 2.05) is 36.4 Å². The van der Waals surface area contributed by atoms with E-state index < -0.39 is 0 Å². The minimum absolute atomic E-state index is 0.613. The third-order valence-electron chi connectivity index (χ3n) is 2.44. The third-order valence-corrected chi connectivity index (χ3v) is 2.44. The van der Waals surface area contributed by atoms with Crippen molar-refractivity contribution in [2.24, 2.45) is 0 Å². The monoisotopic (exact) mass is 211 g/mol. The van der Waals surface area contributed by atoms with E-state index in [1.165, 1.54) is 11.1 Å². The van der Waals surface area contributed by atoms with Gasteiger partial charge in [-0.05, 0) is 36.6 Å². The molecule has 0 heterocycles. The summed E-state index contributed by atoms with van der Waals surface area (Å²) in [5.74, 6) is 0.907. The van der Waals surface area contributed by atoms with Gasteiger partial charge in [-0.25, -0.2) is 0 Å². The average molecular weight is 211 g/mol. The van der Waals surface area contributed by atoms with E-state index in [2.05, 4.69) is 25.1 Å². The molecule has 0 fully saturated rings. The van der Waals surface area contributed by atoms with E-state index >= 15 is 0 Å². The molecule has 0 atom stereocenters. The Morgan fingerprint density at radius 3 is 2.38 bits per heavy atom. The van der Waals surface area contributed by atoms with E-state index in [9.17, 15) is 0 Å². The van der Waals surface area contributed by atoms with Gasteiger partial charge >= 0.3 is 0 Å². The Morgan fingerprint density at radius 1 is 0.875 bits per heavy atom. The summed E-state index contributed by atoms with van der Waals surface area (Å²) in [6, 6.07) is 18.2. The van der Waals surface area contributed by atoms with Crippen LogP contribution in [0.15, 0.2) is 54.6 Å². The summed E-state index contributed by atoms with van der Waals surface area (Å²) in [7, 11) is 0. The molecule has 1 heteroatoms. The van der Waals surface area contributed by atoms with Crippen LogP contribution in [0.25, 0.3) is 0 Å². The number of hydrogen-bond donors (Lipinski definition) is 0. The molecule has 0 N–H and O–H groups in total. The molecule has 2 rings (SSSR count). The zero-order valence-corrected chi connectivity index (χ0v) is 9.23. The fourth-order valence-corrected chi connectivity index (χ4v) is 1.53. The number of rotatable bonds is 4. The van der Waals surface area contributed by atoms with Crippen molar-refractivity contribution in [1.29, 1.82) is 0 Å². The molecule has 0 aliphatic carbocycles. The summed E-state index contributed by atoms with van der Waals surface area (Å²) >= 11 is 0. The maximum Gasteiger partial charge on any atom is 0.120 e. The number of ether oxygens (including phenoxy) is 1. The first-order chi connectivity index (χ1) is 7.88. The van der Waals surface area contributed by atoms with Crippen molar-refractivity contribution in [3.8, 4) is 5.75 Å². The SMILES string of the molecule is [CH2]Cc1cccc(OCc2ccccc2)c1. The van der Waals surface area contributed by atoms with Gasteiger partial charge in [-0.1, -0.05) is 42.5 Å². The highest BCUT2D eigenvalue weighted by molar-refractivity contribution is 5.29. The Hall–Kier alpha value is -1.76. The summed E-state index contributed by atoms with van der Waals surface area (Å²) in [6.45, 7) is 4.47. The van der Waals surface area contributed by atoms with Gasteiger partial charge in [-0.2, -0.15) is 0 Å². The molecule has 0 unspecified atom stereocenters. The van der Waals surface area contributed by atoms with Crippen molar-refractivity contribution in [3.63, 3.8) is 0 Å². The van der Waals surface area contributed by atoms with E-state index in [1.54, 1.807) is 0 Å². The van der Waals surface area contributed by atoms with Crippen molar-refractivity contribution in [2.75, 3.05) is 0 Å². The van der Waals surface area contributed by atoms with Crippen LogP contribution in [0, 0.1) is 6.92 Å². The van der Waals surface area contributed by atoms with E-state index in [0.29, 0.717) is 6.61 Å². The van der Waals surface area contributed by atoms with Crippen LogP contribution < -0.4 is 4.74 Å². The summed E-state index contributed by atoms with van der Waals surface area (Å²) in [5, 5.41) is 0. The fourth-order valence-electron chi connectivity index (χ4n) is 1.53. The highest BCUT2D eigenvalue weighted by Crippen LogP contribution is 2.15. The summed E-state index contributed by atoms with van der Waals surface area (Å²) in [4.78, 5) is 0. The molecule has 0 aliphatic rings. The molecule has 0 amide bonds. The van der Waals surface area contributed by atoms with Gasteiger partial charge in [0.05, 0.1) is 0 Å². The van der Waals surface area contributed by atoms with E-state index in [-0.39, 0.29) is 0 Å². The highest BCUT2D eigenvalue weighted by atomic mass is 16.5. The first-order valence-corrected chi connectivity index (χ1v) is 5.43. The Balaban J connectivity index is 1.99. The predicted molar refractivity (Wildman–Crippen MR) is 66.3 cm³/mol. The van der Waals surface area contributed by atoms with Crippen LogP contribution in [0.2, 0.25) is 0 Å². The van der Waals surface area contributed by atoms with Crippen LogP contribution in [0.5, 0.6) is 5.75 Å². The molecule has 0 saturated carbocycles. The molecule has 81 valence electrons. The first-order valence-electron chi connectivity index (χ1n) is 5.43. The van der Waals surface area contributed by atoms with Crippen LogP contribution in [-0.4, -0.2) is 0 Å². The molecule has 0 aliphatic heterocycles. The maximum absolute atomic E-state index is 5.71. The Morgan fingerprint density at radius 2 is 1.62 bits per heavy atom. The lowest BCUT2D eigenvalue weighted by atomic mass is 10.2. The Bertz CT molecular complexity index is 434. The largest absolute Gasteiger partial charge is 0.489 e. The zero-order valence-electron chi connectivity index (χ0n) is 9.23. The van der Waals surface area contributed by atoms with Gasteiger partial charge < -0.3 is 4.74 Å². The molecule has 0 bridgehead atoms. The molecule has 2 aromatic carbocycles. The van der Waals surface area contributed by atoms with E-state index in [0.717, 1.165) is 12.2 Å². The van der Waals surface area contributed by atoms with Crippen molar-refractivity contribution in [2.45, 2.75) is 13.0 Å². The molecular formula is C15H15O. The van der Waals surface area contributed by atoms with Gasteiger partial charge in [0.1, 0.15) is 12.4 Å². The second-order valence-corrected chi connectivity index (χ2v) is 3.67. The average Bonchev–Trinajstić information content (AvgIpc) is 2.38. The summed E-state index contributed by atoms with van der Waals surface area (Å²) < 4.78 is 5.71. The van der Waals surface area contributed by atoms with Crippen molar-refractivity contribution >= 4 is 0 Å². The van der Waals surface area contributed by atoms with Gasteiger partial charge in [0, 0.05) is 0 Å².